The molecule has 0 unspecified atom stereocenters. The molecule has 140 valence electrons. The lowest BCUT2D eigenvalue weighted by molar-refractivity contribution is 0.0773. The van der Waals surface area contributed by atoms with Crippen molar-refractivity contribution in [1.82, 2.24) is 14.5 Å². The summed E-state index contributed by atoms with van der Waals surface area (Å²) in [6.45, 7) is 5.31. The number of hydrogen-bond donors (Lipinski definition) is 1. The van der Waals surface area contributed by atoms with Crippen LogP contribution < -0.4 is 5.69 Å². The molecule has 1 aliphatic carbocycles. The average molecular weight is 357 g/mol. The minimum Gasteiger partial charge on any atom is -0.380 e. The minimum atomic E-state index is -0.157. The van der Waals surface area contributed by atoms with Crippen LogP contribution in [0.25, 0.3) is 11.0 Å². The summed E-state index contributed by atoms with van der Waals surface area (Å²) in [6, 6.07) is 5.53. The first-order valence-corrected chi connectivity index (χ1v) is 9.71. The second-order valence-electron chi connectivity index (χ2n) is 7.69. The van der Waals surface area contributed by atoms with Gasteiger partial charge in [-0.1, -0.05) is 12.8 Å². The van der Waals surface area contributed by atoms with Gasteiger partial charge in [0.15, 0.2) is 0 Å². The number of aromatic nitrogens is 2. The average Bonchev–Trinajstić information content (AvgIpc) is 3.35. The molecule has 2 heterocycles. The molecule has 1 aromatic carbocycles. The van der Waals surface area contributed by atoms with E-state index in [0.29, 0.717) is 36.3 Å². The van der Waals surface area contributed by atoms with Gasteiger partial charge < -0.3 is 14.6 Å². The number of nitrogens with zero attached hydrogens (tertiary/aromatic N) is 2. The van der Waals surface area contributed by atoms with Gasteiger partial charge in [0, 0.05) is 25.3 Å². The van der Waals surface area contributed by atoms with Gasteiger partial charge >= 0.3 is 5.69 Å². The predicted molar refractivity (Wildman–Crippen MR) is 100 cm³/mol. The molecule has 4 rings (SSSR count). The van der Waals surface area contributed by atoms with E-state index in [4.69, 9.17) is 4.74 Å². The molecule has 1 N–H and O–H groups in total. The number of rotatable bonds is 5. The van der Waals surface area contributed by atoms with E-state index in [2.05, 4.69) is 4.98 Å². The zero-order valence-corrected chi connectivity index (χ0v) is 15.4. The zero-order valence-electron chi connectivity index (χ0n) is 15.4. The molecular formula is C20H27N3O3. The Morgan fingerprint density at radius 1 is 1.27 bits per heavy atom. The van der Waals surface area contributed by atoms with Crippen LogP contribution in [-0.4, -0.2) is 46.7 Å². The Morgan fingerprint density at radius 3 is 2.85 bits per heavy atom. The van der Waals surface area contributed by atoms with Gasteiger partial charge in [0.2, 0.25) is 0 Å². The van der Waals surface area contributed by atoms with Crippen molar-refractivity contribution < 1.29 is 9.53 Å². The third-order valence-corrected chi connectivity index (χ3v) is 6.07. The standard InChI is InChI=1S/C20H27N3O3/c1-2-26-12-11-23-17-6-5-15(13-16(17)21-19(23)25)18(24)22-10-9-20(14-22)7-3-4-8-20/h5-6,13H,2-4,7-12,14H2,1H3,(H,21,25). The summed E-state index contributed by atoms with van der Waals surface area (Å²) in [5.41, 5.74) is 2.41. The van der Waals surface area contributed by atoms with Crippen molar-refractivity contribution in [2.45, 2.75) is 45.6 Å². The van der Waals surface area contributed by atoms with Crippen molar-refractivity contribution in [2.24, 2.45) is 5.41 Å². The lowest BCUT2D eigenvalue weighted by Gasteiger charge is -2.23. The molecule has 6 heteroatoms. The fourth-order valence-electron chi connectivity index (χ4n) is 4.64. The van der Waals surface area contributed by atoms with Crippen LogP contribution in [-0.2, 0) is 11.3 Å². The SMILES string of the molecule is CCOCCn1c(=O)[nH]c2cc(C(=O)N3CCC4(CCCC4)C3)ccc21. The Bertz CT molecular complexity index is 861. The molecule has 1 amide bonds. The highest BCUT2D eigenvalue weighted by Crippen LogP contribution is 2.45. The van der Waals surface area contributed by atoms with Crippen LogP contribution in [0, 0.1) is 5.41 Å². The fourth-order valence-corrected chi connectivity index (χ4v) is 4.64. The number of carbonyl (C=O) groups excluding carboxylic acids is 1. The number of aromatic amines is 1. The maximum absolute atomic E-state index is 12.9. The van der Waals surface area contributed by atoms with Gasteiger partial charge in [0.25, 0.3) is 5.91 Å². The number of likely N-dealkylation sites (tertiary alicyclic amines) is 1. The van der Waals surface area contributed by atoms with Gasteiger partial charge in [-0.3, -0.25) is 9.36 Å². The second kappa shape index (κ2) is 6.91. The molecule has 6 nitrogen and oxygen atoms in total. The highest BCUT2D eigenvalue weighted by Gasteiger charge is 2.41. The number of ether oxygens (including phenoxy) is 1. The fraction of sp³-hybridized carbons (Fsp3) is 0.600. The predicted octanol–water partition coefficient (Wildman–Crippen LogP) is 2.77. The first-order chi connectivity index (χ1) is 12.6. The molecule has 2 aliphatic rings. The van der Waals surface area contributed by atoms with Crippen LogP contribution in [0.1, 0.15) is 49.4 Å². The molecule has 1 aliphatic heterocycles. The highest BCUT2D eigenvalue weighted by atomic mass is 16.5. The van der Waals surface area contributed by atoms with E-state index >= 15 is 0 Å². The van der Waals surface area contributed by atoms with Gasteiger partial charge in [-0.25, -0.2) is 4.79 Å². The van der Waals surface area contributed by atoms with Crippen LogP contribution in [0.15, 0.2) is 23.0 Å². The van der Waals surface area contributed by atoms with E-state index in [1.54, 1.807) is 4.57 Å². The third-order valence-electron chi connectivity index (χ3n) is 6.07. The molecule has 0 atom stereocenters. The van der Waals surface area contributed by atoms with Gasteiger partial charge in [-0.2, -0.15) is 0 Å². The van der Waals surface area contributed by atoms with Crippen LogP contribution >= 0.6 is 0 Å². The molecule has 0 radical (unpaired) electrons. The van der Waals surface area contributed by atoms with Gasteiger partial charge in [0.05, 0.1) is 24.2 Å². The number of H-pyrrole nitrogens is 1. The van der Waals surface area contributed by atoms with Crippen molar-refractivity contribution in [3.05, 3.63) is 34.2 Å². The Balaban J connectivity index is 1.54. The Hall–Kier alpha value is -2.08. The van der Waals surface area contributed by atoms with Crippen molar-refractivity contribution >= 4 is 16.9 Å². The van der Waals surface area contributed by atoms with E-state index in [-0.39, 0.29) is 11.6 Å². The number of amides is 1. The molecule has 2 fully saturated rings. The van der Waals surface area contributed by atoms with Crippen LogP contribution in [0.2, 0.25) is 0 Å². The lowest BCUT2D eigenvalue weighted by Crippen LogP contribution is -2.31. The topological polar surface area (TPSA) is 67.3 Å². The molecule has 1 saturated heterocycles. The largest absolute Gasteiger partial charge is 0.380 e. The minimum absolute atomic E-state index is 0.0820. The van der Waals surface area contributed by atoms with Crippen LogP contribution in [0.5, 0.6) is 0 Å². The van der Waals surface area contributed by atoms with Gasteiger partial charge in [0.1, 0.15) is 0 Å². The summed E-state index contributed by atoms with van der Waals surface area (Å²) in [4.78, 5) is 30.0. The Labute approximate surface area is 153 Å². The number of carbonyl (C=O) groups is 1. The maximum atomic E-state index is 12.9. The quantitative estimate of drug-likeness (QED) is 0.837. The summed E-state index contributed by atoms with van der Waals surface area (Å²) in [5, 5.41) is 0. The second-order valence-corrected chi connectivity index (χ2v) is 7.69. The molecule has 26 heavy (non-hydrogen) atoms. The summed E-state index contributed by atoms with van der Waals surface area (Å²) in [5.74, 6) is 0.0820. The number of imidazole rings is 1. The number of hydrogen-bond acceptors (Lipinski definition) is 3. The van der Waals surface area contributed by atoms with Gasteiger partial charge in [-0.05, 0) is 49.8 Å². The summed E-state index contributed by atoms with van der Waals surface area (Å²) in [6.07, 6.45) is 6.23. The van der Waals surface area contributed by atoms with E-state index in [1.165, 1.54) is 25.7 Å². The third kappa shape index (κ3) is 3.07. The smallest absolute Gasteiger partial charge is 0.326 e. The molecule has 2 aromatic rings. The number of benzene rings is 1. The normalized spacial score (nSPS) is 19.0. The zero-order chi connectivity index (χ0) is 18.1. The molecule has 1 aromatic heterocycles. The first kappa shape index (κ1) is 17.3. The highest BCUT2D eigenvalue weighted by molar-refractivity contribution is 5.97. The lowest BCUT2D eigenvalue weighted by atomic mass is 9.86. The van der Waals surface area contributed by atoms with Crippen molar-refractivity contribution in [3.63, 3.8) is 0 Å². The maximum Gasteiger partial charge on any atom is 0.326 e. The monoisotopic (exact) mass is 357 g/mol. The van der Waals surface area contributed by atoms with E-state index in [9.17, 15) is 9.59 Å². The Kier molecular flexibility index (Phi) is 4.61. The number of fused-ring (bicyclic) bond motifs is 1. The summed E-state index contributed by atoms with van der Waals surface area (Å²) in [7, 11) is 0. The van der Waals surface area contributed by atoms with Crippen molar-refractivity contribution in [3.8, 4) is 0 Å². The van der Waals surface area contributed by atoms with E-state index < -0.39 is 0 Å². The van der Waals surface area contributed by atoms with Crippen molar-refractivity contribution in [2.75, 3.05) is 26.3 Å². The van der Waals surface area contributed by atoms with Crippen LogP contribution in [0.4, 0.5) is 0 Å². The van der Waals surface area contributed by atoms with E-state index in [0.717, 1.165) is 25.0 Å². The molecule has 0 bridgehead atoms. The summed E-state index contributed by atoms with van der Waals surface area (Å²) < 4.78 is 7.02. The van der Waals surface area contributed by atoms with Crippen LogP contribution in [0.3, 0.4) is 0 Å². The van der Waals surface area contributed by atoms with E-state index in [1.807, 2.05) is 30.0 Å². The number of nitrogens with one attached hydrogen (secondary N) is 1. The molecule has 1 spiro atoms. The molecule has 1 saturated carbocycles. The van der Waals surface area contributed by atoms with Gasteiger partial charge in [-0.15, -0.1) is 0 Å². The summed E-state index contributed by atoms with van der Waals surface area (Å²) >= 11 is 0. The first-order valence-electron chi connectivity index (χ1n) is 9.71. The van der Waals surface area contributed by atoms with Crippen molar-refractivity contribution in [1.29, 1.82) is 0 Å². The Morgan fingerprint density at radius 2 is 2.08 bits per heavy atom. The molecular weight excluding hydrogens is 330 g/mol.